The van der Waals surface area contributed by atoms with Crippen LogP contribution in [0.5, 0.6) is 11.5 Å². The number of hydrogen-bond donors (Lipinski definition) is 0. The van der Waals surface area contributed by atoms with Gasteiger partial charge in [0.05, 0.1) is 13.7 Å². The summed E-state index contributed by atoms with van der Waals surface area (Å²) in [7, 11) is 1.44. The third-order valence-corrected chi connectivity index (χ3v) is 5.54. The molecule has 0 spiro atoms. The standard InChI is InChI=1S/C28H28FNO3/c1-19(2)13-23(31)17-30-26-12-10-24(33-18-20-7-5-4-6-8-20)14-22(26)15-27(30)21-9-11-25(29)28(16-21)32-3/h4-12,14-16,19H,13,17-18H2,1-3H3. The molecule has 0 unspecified atom stereocenters. The summed E-state index contributed by atoms with van der Waals surface area (Å²) in [6.45, 7) is 4.80. The van der Waals surface area contributed by atoms with E-state index < -0.39 is 5.82 Å². The van der Waals surface area contributed by atoms with Gasteiger partial charge in [-0.05, 0) is 53.9 Å². The molecule has 0 N–H and O–H groups in total. The van der Waals surface area contributed by atoms with Crippen molar-refractivity contribution in [1.29, 1.82) is 0 Å². The van der Waals surface area contributed by atoms with E-state index in [0.717, 1.165) is 33.5 Å². The number of ketones is 1. The summed E-state index contributed by atoms with van der Waals surface area (Å²) in [5.41, 5.74) is 3.64. The van der Waals surface area contributed by atoms with Gasteiger partial charge >= 0.3 is 0 Å². The second kappa shape index (κ2) is 9.90. The van der Waals surface area contributed by atoms with Crippen molar-refractivity contribution in [3.05, 3.63) is 84.2 Å². The molecule has 4 rings (SSSR count). The summed E-state index contributed by atoms with van der Waals surface area (Å²) < 4.78 is 27.2. The van der Waals surface area contributed by atoms with Crippen molar-refractivity contribution in [2.45, 2.75) is 33.4 Å². The Morgan fingerprint density at radius 1 is 1.00 bits per heavy atom. The van der Waals surface area contributed by atoms with Crippen LogP contribution in [0, 0.1) is 11.7 Å². The predicted molar refractivity (Wildman–Crippen MR) is 129 cm³/mol. The zero-order valence-electron chi connectivity index (χ0n) is 19.2. The van der Waals surface area contributed by atoms with Gasteiger partial charge in [0, 0.05) is 28.6 Å². The lowest BCUT2D eigenvalue weighted by molar-refractivity contribution is -0.120. The second-order valence-electron chi connectivity index (χ2n) is 8.60. The van der Waals surface area contributed by atoms with E-state index >= 15 is 0 Å². The average molecular weight is 446 g/mol. The molecule has 0 amide bonds. The number of ether oxygens (including phenoxy) is 2. The average Bonchev–Trinajstić information content (AvgIpc) is 3.15. The Bertz CT molecular complexity index is 1260. The number of hydrogen-bond acceptors (Lipinski definition) is 3. The fraction of sp³-hybridized carbons (Fsp3) is 0.250. The van der Waals surface area contributed by atoms with E-state index in [1.54, 1.807) is 12.1 Å². The zero-order valence-corrected chi connectivity index (χ0v) is 19.2. The normalized spacial score (nSPS) is 11.2. The quantitative estimate of drug-likeness (QED) is 0.290. The van der Waals surface area contributed by atoms with Crippen LogP contribution in [-0.2, 0) is 17.9 Å². The van der Waals surface area contributed by atoms with Gasteiger partial charge in [0.25, 0.3) is 0 Å². The summed E-state index contributed by atoms with van der Waals surface area (Å²) in [5, 5.41) is 0.955. The fourth-order valence-electron chi connectivity index (χ4n) is 4.00. The van der Waals surface area contributed by atoms with Gasteiger partial charge < -0.3 is 14.0 Å². The van der Waals surface area contributed by atoms with Gasteiger partial charge in [0.1, 0.15) is 12.4 Å². The van der Waals surface area contributed by atoms with Crippen LogP contribution in [-0.4, -0.2) is 17.5 Å². The largest absolute Gasteiger partial charge is 0.494 e. The maximum Gasteiger partial charge on any atom is 0.165 e. The number of fused-ring (bicyclic) bond motifs is 1. The van der Waals surface area contributed by atoms with E-state index in [4.69, 9.17) is 9.47 Å². The molecule has 0 bridgehead atoms. The van der Waals surface area contributed by atoms with Crippen LogP contribution in [0.2, 0.25) is 0 Å². The van der Waals surface area contributed by atoms with Crippen molar-refractivity contribution in [3.63, 3.8) is 0 Å². The molecule has 0 atom stereocenters. The number of carbonyl (C=O) groups excluding carboxylic acids is 1. The van der Waals surface area contributed by atoms with Crippen molar-refractivity contribution in [2.24, 2.45) is 5.92 Å². The lowest BCUT2D eigenvalue weighted by Gasteiger charge is -2.13. The van der Waals surface area contributed by atoms with Crippen LogP contribution < -0.4 is 9.47 Å². The highest BCUT2D eigenvalue weighted by Crippen LogP contribution is 2.33. The number of benzene rings is 3. The number of aromatic nitrogens is 1. The van der Waals surface area contributed by atoms with E-state index in [0.29, 0.717) is 13.0 Å². The highest BCUT2D eigenvalue weighted by molar-refractivity contribution is 5.90. The van der Waals surface area contributed by atoms with E-state index in [1.807, 2.05) is 73.0 Å². The Morgan fingerprint density at radius 2 is 1.79 bits per heavy atom. The van der Waals surface area contributed by atoms with Crippen LogP contribution in [0.4, 0.5) is 4.39 Å². The maximum atomic E-state index is 14.0. The lowest BCUT2D eigenvalue weighted by Crippen LogP contribution is -2.13. The molecule has 0 aliphatic carbocycles. The fourth-order valence-corrected chi connectivity index (χ4v) is 4.00. The van der Waals surface area contributed by atoms with Gasteiger partial charge in [-0.1, -0.05) is 44.2 Å². The Kier molecular flexibility index (Phi) is 6.78. The third-order valence-electron chi connectivity index (χ3n) is 5.54. The summed E-state index contributed by atoms with van der Waals surface area (Å²) in [4.78, 5) is 12.7. The van der Waals surface area contributed by atoms with E-state index in [9.17, 15) is 9.18 Å². The first kappa shape index (κ1) is 22.6. The molecule has 0 aliphatic heterocycles. The number of rotatable bonds is 9. The molecule has 4 nitrogen and oxygen atoms in total. The van der Waals surface area contributed by atoms with Crippen molar-refractivity contribution >= 4 is 16.7 Å². The van der Waals surface area contributed by atoms with Crippen LogP contribution in [0.1, 0.15) is 25.8 Å². The molecule has 0 saturated carbocycles. The topological polar surface area (TPSA) is 40.5 Å². The first-order valence-corrected chi connectivity index (χ1v) is 11.1. The Balaban J connectivity index is 1.72. The SMILES string of the molecule is COc1cc(-c2cc3cc(OCc4ccccc4)ccc3n2CC(=O)CC(C)C)ccc1F. The van der Waals surface area contributed by atoms with Gasteiger partial charge in [-0.3, -0.25) is 4.79 Å². The van der Waals surface area contributed by atoms with Crippen LogP contribution in [0.25, 0.3) is 22.2 Å². The molecule has 1 aromatic heterocycles. The van der Waals surface area contributed by atoms with Crippen molar-refractivity contribution < 1.29 is 18.7 Å². The number of Topliss-reactive ketones (excluding diaryl/α,β-unsaturated/α-hetero) is 1. The van der Waals surface area contributed by atoms with Gasteiger partial charge in [0.2, 0.25) is 0 Å². The second-order valence-corrected chi connectivity index (χ2v) is 8.60. The van der Waals surface area contributed by atoms with Crippen LogP contribution >= 0.6 is 0 Å². The molecule has 0 aliphatic rings. The lowest BCUT2D eigenvalue weighted by atomic mass is 10.1. The van der Waals surface area contributed by atoms with Gasteiger partial charge in [-0.15, -0.1) is 0 Å². The summed E-state index contributed by atoms with van der Waals surface area (Å²) in [6.07, 6.45) is 0.504. The van der Waals surface area contributed by atoms with E-state index in [1.165, 1.54) is 13.2 Å². The number of carbonyl (C=O) groups is 1. The first-order valence-electron chi connectivity index (χ1n) is 11.1. The number of halogens is 1. The number of nitrogens with zero attached hydrogens (tertiary/aromatic N) is 1. The minimum atomic E-state index is -0.420. The summed E-state index contributed by atoms with van der Waals surface area (Å²) in [6, 6.07) is 22.6. The first-order chi connectivity index (χ1) is 15.9. The highest BCUT2D eigenvalue weighted by Gasteiger charge is 2.17. The molecule has 3 aromatic carbocycles. The third kappa shape index (κ3) is 5.25. The predicted octanol–water partition coefficient (Wildman–Crippen LogP) is 6.65. The summed E-state index contributed by atoms with van der Waals surface area (Å²) in [5.74, 6) is 0.940. The molecule has 0 saturated heterocycles. The Labute approximate surface area is 193 Å². The minimum Gasteiger partial charge on any atom is -0.494 e. The molecule has 0 radical (unpaired) electrons. The van der Waals surface area contributed by atoms with E-state index in [2.05, 4.69) is 0 Å². The molecule has 1 heterocycles. The molecular weight excluding hydrogens is 417 g/mol. The monoisotopic (exact) mass is 445 g/mol. The molecule has 0 fully saturated rings. The van der Waals surface area contributed by atoms with Gasteiger partial charge in [0.15, 0.2) is 17.3 Å². The van der Waals surface area contributed by atoms with E-state index in [-0.39, 0.29) is 24.0 Å². The van der Waals surface area contributed by atoms with Crippen molar-refractivity contribution in [3.8, 4) is 22.8 Å². The van der Waals surface area contributed by atoms with Gasteiger partial charge in [-0.25, -0.2) is 4.39 Å². The molecule has 5 heteroatoms. The molecule has 33 heavy (non-hydrogen) atoms. The molecular formula is C28H28FNO3. The Morgan fingerprint density at radius 3 is 2.52 bits per heavy atom. The van der Waals surface area contributed by atoms with Crippen LogP contribution in [0.3, 0.4) is 0 Å². The zero-order chi connectivity index (χ0) is 23.4. The van der Waals surface area contributed by atoms with Crippen molar-refractivity contribution in [1.82, 2.24) is 4.57 Å². The summed E-state index contributed by atoms with van der Waals surface area (Å²) >= 11 is 0. The highest BCUT2D eigenvalue weighted by atomic mass is 19.1. The maximum absolute atomic E-state index is 14.0. The smallest absolute Gasteiger partial charge is 0.165 e. The van der Waals surface area contributed by atoms with Crippen LogP contribution in [0.15, 0.2) is 72.8 Å². The molecule has 4 aromatic rings. The number of methoxy groups -OCH3 is 1. The minimum absolute atomic E-state index is 0.155. The molecule has 170 valence electrons. The Hall–Kier alpha value is -3.60. The van der Waals surface area contributed by atoms with Crippen molar-refractivity contribution in [2.75, 3.05) is 7.11 Å². The van der Waals surface area contributed by atoms with Gasteiger partial charge in [-0.2, -0.15) is 0 Å².